The number of thiophene rings is 1. The van der Waals surface area contributed by atoms with Crippen LogP contribution in [-0.4, -0.2) is 35.2 Å². The third-order valence-corrected chi connectivity index (χ3v) is 6.11. The van der Waals surface area contributed by atoms with Crippen LogP contribution in [0.1, 0.15) is 22.0 Å². The Labute approximate surface area is 192 Å². The number of nitrogens with one attached hydrogen (secondary N) is 1. The number of imidazole rings is 1. The lowest BCUT2D eigenvalue weighted by atomic mass is 10.2. The van der Waals surface area contributed by atoms with Gasteiger partial charge in [0.2, 0.25) is 5.78 Å². The number of carbonyl (C=O) groups excluding carboxylic acids is 1. The summed E-state index contributed by atoms with van der Waals surface area (Å²) in [7, 11) is 0. The van der Waals surface area contributed by atoms with E-state index in [1.54, 1.807) is 22.2 Å². The molecule has 8 nitrogen and oxygen atoms in total. The summed E-state index contributed by atoms with van der Waals surface area (Å²) in [6, 6.07) is 20.6. The molecular weight excluding hydrogens is 438 g/mol. The van der Waals surface area contributed by atoms with Crippen molar-refractivity contribution in [1.29, 1.82) is 0 Å². The molecule has 9 heteroatoms. The fraction of sp³-hybridized carbons (Fsp3) is 0.0833. The van der Waals surface area contributed by atoms with E-state index in [-0.39, 0.29) is 29.5 Å². The van der Waals surface area contributed by atoms with Crippen LogP contribution in [-0.2, 0) is 13.0 Å². The first kappa shape index (κ1) is 20.7. The average molecular weight is 458 g/mol. The van der Waals surface area contributed by atoms with Gasteiger partial charge in [-0.1, -0.05) is 48.5 Å². The third kappa shape index (κ3) is 4.26. The highest BCUT2D eigenvalue weighted by Crippen LogP contribution is 2.31. The molecule has 2 N–H and O–H groups in total. The van der Waals surface area contributed by atoms with Gasteiger partial charge in [-0.3, -0.25) is 13.9 Å². The number of hydrogen-bond donors (Lipinski definition) is 2. The van der Waals surface area contributed by atoms with Gasteiger partial charge in [0.1, 0.15) is 11.6 Å². The molecule has 3 aromatic heterocycles. The number of aromatic hydroxyl groups is 1. The molecular formula is C24H19N5O3S. The van der Waals surface area contributed by atoms with Crippen molar-refractivity contribution in [2.75, 3.05) is 0 Å². The fourth-order valence-corrected chi connectivity index (χ4v) is 4.30. The zero-order valence-electron chi connectivity index (χ0n) is 17.4. The van der Waals surface area contributed by atoms with E-state index >= 15 is 0 Å². The first-order valence-corrected chi connectivity index (χ1v) is 11.1. The van der Waals surface area contributed by atoms with E-state index in [9.17, 15) is 14.7 Å². The van der Waals surface area contributed by atoms with Gasteiger partial charge in [-0.05, 0) is 17.7 Å². The molecule has 0 unspecified atom stereocenters. The number of ketones is 1. The first-order valence-electron chi connectivity index (χ1n) is 10.2. The molecule has 0 fully saturated rings. The molecule has 0 aliphatic carbocycles. The first-order chi connectivity index (χ1) is 16.1. The van der Waals surface area contributed by atoms with Crippen molar-refractivity contribution in [3.63, 3.8) is 0 Å². The summed E-state index contributed by atoms with van der Waals surface area (Å²) < 4.78 is 3.18. The van der Waals surface area contributed by atoms with Crippen LogP contribution in [0.4, 0.5) is 0 Å². The molecule has 0 spiro atoms. The van der Waals surface area contributed by atoms with Crippen molar-refractivity contribution < 1.29 is 9.90 Å². The zero-order chi connectivity index (χ0) is 22.8. The number of Topliss-reactive ketones (excluding diaryl/α,β-unsaturated/α-hetero) is 1. The van der Waals surface area contributed by atoms with E-state index in [1.807, 2.05) is 60.7 Å². The van der Waals surface area contributed by atoms with Crippen molar-refractivity contribution in [3.8, 4) is 22.0 Å². The number of aromatic nitrogens is 5. The number of hydrogen-bond acceptors (Lipinski definition) is 6. The fourth-order valence-electron chi connectivity index (χ4n) is 3.58. The number of carbonyl (C=O) groups is 1. The summed E-state index contributed by atoms with van der Waals surface area (Å²) in [5.74, 6) is 0.440. The Hall–Kier alpha value is -4.24. The van der Waals surface area contributed by atoms with E-state index < -0.39 is 0 Å². The Morgan fingerprint density at radius 1 is 1.06 bits per heavy atom. The zero-order valence-corrected chi connectivity index (χ0v) is 18.2. The second-order valence-corrected chi connectivity index (χ2v) is 8.35. The number of para-hydroxylation sites is 1. The van der Waals surface area contributed by atoms with Gasteiger partial charge in [-0.2, -0.15) is 5.10 Å². The molecule has 5 aromatic rings. The second-order valence-electron chi connectivity index (χ2n) is 7.44. The van der Waals surface area contributed by atoms with Crippen LogP contribution in [0.2, 0.25) is 0 Å². The standard InChI is InChI=1S/C24H19N5O3S/c30-18-11-21(33-15-18)19-14-28(17-9-5-2-6-10-17)23(25-19)20(31)12-22-26-27-24(32)29(22)13-16-7-3-1-4-8-16/h1-11,14-15,30H,12-13H2,(H,27,32). The van der Waals surface area contributed by atoms with Crippen LogP contribution >= 0.6 is 11.3 Å². The molecule has 0 saturated heterocycles. The highest BCUT2D eigenvalue weighted by atomic mass is 32.1. The van der Waals surface area contributed by atoms with Crippen LogP contribution in [0.15, 0.2) is 83.1 Å². The minimum Gasteiger partial charge on any atom is -0.507 e. The summed E-state index contributed by atoms with van der Waals surface area (Å²) in [5, 5.41) is 17.9. The van der Waals surface area contributed by atoms with Crippen LogP contribution in [0.5, 0.6) is 5.75 Å². The predicted molar refractivity (Wildman–Crippen MR) is 125 cm³/mol. The lowest BCUT2D eigenvalue weighted by Gasteiger charge is -2.08. The molecule has 0 bridgehead atoms. The predicted octanol–water partition coefficient (Wildman–Crippen LogP) is 3.66. The quantitative estimate of drug-likeness (QED) is 0.363. The Balaban J connectivity index is 1.50. The summed E-state index contributed by atoms with van der Waals surface area (Å²) in [6.07, 6.45) is 1.68. The van der Waals surface area contributed by atoms with Gasteiger partial charge in [0, 0.05) is 23.3 Å². The van der Waals surface area contributed by atoms with Crippen molar-refractivity contribution in [3.05, 3.63) is 106 Å². The van der Waals surface area contributed by atoms with Crippen molar-refractivity contribution in [2.24, 2.45) is 0 Å². The number of nitrogens with zero attached hydrogens (tertiary/aromatic N) is 4. The number of benzene rings is 2. The highest BCUT2D eigenvalue weighted by molar-refractivity contribution is 7.13. The maximum atomic E-state index is 13.4. The molecule has 33 heavy (non-hydrogen) atoms. The maximum Gasteiger partial charge on any atom is 0.343 e. The van der Waals surface area contributed by atoms with E-state index in [2.05, 4.69) is 15.2 Å². The number of aromatic amines is 1. The average Bonchev–Trinajstić information content (AvgIpc) is 3.55. The van der Waals surface area contributed by atoms with Crippen LogP contribution < -0.4 is 5.69 Å². The van der Waals surface area contributed by atoms with Gasteiger partial charge in [-0.15, -0.1) is 11.3 Å². The van der Waals surface area contributed by atoms with E-state index in [0.29, 0.717) is 18.1 Å². The number of rotatable bonds is 7. The van der Waals surface area contributed by atoms with Gasteiger partial charge < -0.3 is 5.11 Å². The molecule has 2 aromatic carbocycles. The van der Waals surface area contributed by atoms with E-state index in [4.69, 9.17) is 0 Å². The van der Waals surface area contributed by atoms with Gasteiger partial charge in [0.05, 0.1) is 23.5 Å². The van der Waals surface area contributed by atoms with Crippen LogP contribution in [0, 0.1) is 0 Å². The smallest absolute Gasteiger partial charge is 0.343 e. The molecule has 0 aliphatic heterocycles. The minimum absolute atomic E-state index is 0.0927. The monoisotopic (exact) mass is 457 g/mol. The Kier molecular flexibility index (Phi) is 5.45. The molecule has 0 radical (unpaired) electrons. The minimum atomic E-state index is -0.372. The topological polar surface area (TPSA) is 106 Å². The highest BCUT2D eigenvalue weighted by Gasteiger charge is 2.22. The van der Waals surface area contributed by atoms with E-state index in [0.717, 1.165) is 16.1 Å². The van der Waals surface area contributed by atoms with Crippen molar-refractivity contribution in [1.82, 2.24) is 24.3 Å². The summed E-state index contributed by atoms with van der Waals surface area (Å²) in [4.78, 5) is 31.0. The maximum absolute atomic E-state index is 13.4. The Morgan fingerprint density at radius 3 is 2.48 bits per heavy atom. The van der Waals surface area contributed by atoms with Crippen LogP contribution in [0.3, 0.4) is 0 Å². The molecule has 0 atom stereocenters. The van der Waals surface area contributed by atoms with Gasteiger partial charge in [0.25, 0.3) is 0 Å². The molecule has 0 amide bonds. The summed E-state index contributed by atoms with van der Waals surface area (Å²) in [6.45, 7) is 0.311. The molecule has 0 saturated carbocycles. The lowest BCUT2D eigenvalue weighted by molar-refractivity contribution is 0.0978. The second kappa shape index (κ2) is 8.71. The summed E-state index contributed by atoms with van der Waals surface area (Å²) >= 11 is 1.34. The number of H-pyrrole nitrogens is 1. The third-order valence-electron chi connectivity index (χ3n) is 5.17. The summed E-state index contributed by atoms with van der Waals surface area (Å²) in [5.41, 5.74) is 1.92. The van der Waals surface area contributed by atoms with E-state index in [1.165, 1.54) is 15.9 Å². The molecule has 5 rings (SSSR count). The van der Waals surface area contributed by atoms with Crippen LogP contribution in [0.25, 0.3) is 16.3 Å². The normalized spacial score (nSPS) is 11.0. The lowest BCUT2D eigenvalue weighted by Crippen LogP contribution is -2.22. The van der Waals surface area contributed by atoms with Gasteiger partial charge in [0.15, 0.2) is 5.82 Å². The molecule has 3 heterocycles. The molecule has 0 aliphatic rings. The SMILES string of the molecule is O=C(Cc1n[nH]c(=O)n1Cc1ccccc1)c1nc(-c2cc(O)cs2)cn1-c1ccccc1. The Morgan fingerprint density at radius 2 is 1.79 bits per heavy atom. The Bertz CT molecular complexity index is 1460. The largest absolute Gasteiger partial charge is 0.507 e. The van der Waals surface area contributed by atoms with Gasteiger partial charge >= 0.3 is 5.69 Å². The van der Waals surface area contributed by atoms with Crippen molar-refractivity contribution >= 4 is 17.1 Å². The van der Waals surface area contributed by atoms with Crippen molar-refractivity contribution in [2.45, 2.75) is 13.0 Å². The van der Waals surface area contributed by atoms with Gasteiger partial charge in [-0.25, -0.2) is 14.9 Å². The molecule has 164 valence electrons.